The van der Waals surface area contributed by atoms with Crippen molar-refractivity contribution in [3.63, 3.8) is 0 Å². The zero-order valence-electron chi connectivity index (χ0n) is 11.0. The molecule has 0 heterocycles. The molecule has 112 valence electrons. The molecule has 5 nitrogen and oxygen atoms in total. The maximum Gasteiger partial charge on any atom is 0.242 e. The Morgan fingerprint density at radius 1 is 1.40 bits per heavy atom. The highest BCUT2D eigenvalue weighted by Crippen LogP contribution is 2.26. The number of rotatable bonds is 4. The van der Waals surface area contributed by atoms with Crippen LogP contribution in [-0.4, -0.2) is 26.2 Å². The van der Waals surface area contributed by atoms with Crippen LogP contribution in [0.2, 0.25) is 5.02 Å². The standard InChI is InChI=1S/C13H19ClN2O3S/c14-12-5-4-10(15)7-13(12)20(18,19)16-8-9-2-1-3-11(17)6-9/h4-5,7,9,11,16-17H,1-3,6,8,15H2. The summed E-state index contributed by atoms with van der Waals surface area (Å²) in [5.74, 6) is 0.161. The molecule has 2 atom stereocenters. The molecule has 0 amide bonds. The molecular formula is C13H19ClN2O3S. The number of anilines is 1. The summed E-state index contributed by atoms with van der Waals surface area (Å²) >= 11 is 5.91. The maximum atomic E-state index is 12.2. The Morgan fingerprint density at radius 2 is 2.15 bits per heavy atom. The molecule has 0 saturated heterocycles. The summed E-state index contributed by atoms with van der Waals surface area (Å²) in [5, 5.41) is 9.74. The molecule has 4 N–H and O–H groups in total. The van der Waals surface area contributed by atoms with Gasteiger partial charge in [-0.1, -0.05) is 18.0 Å². The predicted molar refractivity (Wildman–Crippen MR) is 79.0 cm³/mol. The first-order valence-corrected chi connectivity index (χ1v) is 8.47. The molecule has 1 fully saturated rings. The van der Waals surface area contributed by atoms with Gasteiger partial charge in [0.25, 0.3) is 0 Å². The van der Waals surface area contributed by atoms with Crippen LogP contribution in [-0.2, 0) is 10.0 Å². The van der Waals surface area contributed by atoms with E-state index in [4.69, 9.17) is 17.3 Å². The lowest BCUT2D eigenvalue weighted by atomic mass is 9.87. The lowest BCUT2D eigenvalue weighted by Crippen LogP contribution is -2.33. The van der Waals surface area contributed by atoms with E-state index in [2.05, 4.69) is 4.72 Å². The van der Waals surface area contributed by atoms with Crippen LogP contribution in [0.5, 0.6) is 0 Å². The van der Waals surface area contributed by atoms with Gasteiger partial charge in [-0.25, -0.2) is 13.1 Å². The van der Waals surface area contributed by atoms with E-state index in [9.17, 15) is 13.5 Å². The van der Waals surface area contributed by atoms with E-state index in [1.807, 2.05) is 0 Å². The average Bonchev–Trinajstić information content (AvgIpc) is 2.39. The molecule has 1 aliphatic rings. The van der Waals surface area contributed by atoms with Crippen molar-refractivity contribution in [3.8, 4) is 0 Å². The number of benzene rings is 1. The van der Waals surface area contributed by atoms with E-state index >= 15 is 0 Å². The van der Waals surface area contributed by atoms with Crippen LogP contribution in [0.15, 0.2) is 23.1 Å². The molecule has 0 bridgehead atoms. The van der Waals surface area contributed by atoms with Crippen LogP contribution in [0.3, 0.4) is 0 Å². The maximum absolute atomic E-state index is 12.2. The van der Waals surface area contributed by atoms with Gasteiger partial charge in [0, 0.05) is 12.2 Å². The fourth-order valence-corrected chi connectivity index (χ4v) is 4.13. The van der Waals surface area contributed by atoms with Gasteiger partial charge in [-0.2, -0.15) is 0 Å². The Balaban J connectivity index is 2.05. The number of hydrogen-bond acceptors (Lipinski definition) is 4. The number of aliphatic hydroxyl groups excluding tert-OH is 1. The fourth-order valence-electron chi connectivity index (χ4n) is 2.48. The monoisotopic (exact) mass is 318 g/mol. The lowest BCUT2D eigenvalue weighted by molar-refractivity contribution is 0.102. The van der Waals surface area contributed by atoms with Crippen molar-refractivity contribution in [1.29, 1.82) is 0 Å². The topological polar surface area (TPSA) is 92.4 Å². The molecule has 1 aliphatic carbocycles. The molecule has 1 aromatic rings. The molecule has 7 heteroatoms. The Morgan fingerprint density at radius 3 is 2.85 bits per heavy atom. The van der Waals surface area contributed by atoms with Gasteiger partial charge in [0.1, 0.15) is 4.90 Å². The van der Waals surface area contributed by atoms with Crippen LogP contribution < -0.4 is 10.5 Å². The Kier molecular flexibility index (Phi) is 4.90. The Hall–Kier alpha value is -0.820. The van der Waals surface area contributed by atoms with Gasteiger partial charge in [0.2, 0.25) is 10.0 Å². The number of sulfonamides is 1. The predicted octanol–water partition coefficient (Wildman–Crippen LogP) is 1.75. The van der Waals surface area contributed by atoms with E-state index in [0.29, 0.717) is 18.7 Å². The summed E-state index contributed by atoms with van der Waals surface area (Å²) in [6.45, 7) is 0.310. The number of nitrogens with one attached hydrogen (secondary N) is 1. The molecule has 0 aliphatic heterocycles. The third kappa shape index (κ3) is 3.85. The van der Waals surface area contributed by atoms with Crippen molar-refractivity contribution in [2.75, 3.05) is 12.3 Å². The zero-order valence-corrected chi connectivity index (χ0v) is 12.6. The number of hydrogen-bond donors (Lipinski definition) is 3. The van der Waals surface area contributed by atoms with E-state index < -0.39 is 10.0 Å². The molecule has 0 aromatic heterocycles. The van der Waals surface area contributed by atoms with Gasteiger partial charge in [-0.3, -0.25) is 0 Å². The van der Waals surface area contributed by atoms with Gasteiger partial charge < -0.3 is 10.8 Å². The molecule has 0 spiro atoms. The molecular weight excluding hydrogens is 300 g/mol. The highest BCUT2D eigenvalue weighted by atomic mass is 35.5. The van der Waals surface area contributed by atoms with Crippen molar-refractivity contribution in [2.45, 2.75) is 36.7 Å². The van der Waals surface area contributed by atoms with Gasteiger partial charge >= 0.3 is 0 Å². The SMILES string of the molecule is Nc1ccc(Cl)c(S(=O)(=O)NCC2CCCC(O)C2)c1. The highest BCUT2D eigenvalue weighted by molar-refractivity contribution is 7.89. The quantitative estimate of drug-likeness (QED) is 0.737. The van der Waals surface area contributed by atoms with Crippen LogP contribution >= 0.6 is 11.6 Å². The molecule has 2 unspecified atom stereocenters. The van der Waals surface area contributed by atoms with Gasteiger partial charge in [-0.15, -0.1) is 0 Å². The average molecular weight is 319 g/mol. The van der Waals surface area contributed by atoms with Gasteiger partial charge in [0.15, 0.2) is 0 Å². The Bertz CT molecular complexity index is 577. The minimum absolute atomic E-state index is 0.00414. The van der Waals surface area contributed by atoms with Crippen LogP contribution in [0.1, 0.15) is 25.7 Å². The summed E-state index contributed by atoms with van der Waals surface area (Å²) in [4.78, 5) is -0.00414. The van der Waals surface area contributed by atoms with E-state index in [0.717, 1.165) is 19.3 Å². The molecule has 1 aromatic carbocycles. The van der Waals surface area contributed by atoms with Crippen molar-refractivity contribution in [3.05, 3.63) is 23.2 Å². The van der Waals surface area contributed by atoms with Gasteiger partial charge in [0.05, 0.1) is 11.1 Å². The fraction of sp³-hybridized carbons (Fsp3) is 0.538. The second-order valence-electron chi connectivity index (χ2n) is 5.23. The van der Waals surface area contributed by atoms with Crippen molar-refractivity contribution < 1.29 is 13.5 Å². The summed E-state index contributed by atoms with van der Waals surface area (Å²) in [5.41, 5.74) is 5.95. The number of nitrogen functional groups attached to an aromatic ring is 1. The highest BCUT2D eigenvalue weighted by Gasteiger charge is 2.23. The molecule has 2 rings (SSSR count). The van der Waals surface area contributed by atoms with E-state index in [1.54, 1.807) is 6.07 Å². The summed E-state index contributed by atoms with van der Waals surface area (Å²) < 4.78 is 27.0. The van der Waals surface area contributed by atoms with Crippen molar-refractivity contribution in [2.24, 2.45) is 5.92 Å². The van der Waals surface area contributed by atoms with Crippen molar-refractivity contribution >= 4 is 27.3 Å². The normalized spacial score (nSPS) is 23.7. The first kappa shape index (κ1) is 15.6. The summed E-state index contributed by atoms with van der Waals surface area (Å²) in [6.07, 6.45) is 2.95. The summed E-state index contributed by atoms with van der Waals surface area (Å²) in [6, 6.07) is 4.37. The molecule has 20 heavy (non-hydrogen) atoms. The van der Waals surface area contributed by atoms with E-state index in [1.165, 1.54) is 12.1 Å². The van der Waals surface area contributed by atoms with Crippen molar-refractivity contribution in [1.82, 2.24) is 4.72 Å². The smallest absolute Gasteiger partial charge is 0.242 e. The second kappa shape index (κ2) is 6.30. The first-order valence-electron chi connectivity index (χ1n) is 6.61. The second-order valence-corrected chi connectivity index (χ2v) is 7.37. The Labute approximate surface area is 124 Å². The van der Waals surface area contributed by atoms with Crippen LogP contribution in [0, 0.1) is 5.92 Å². The molecule has 1 saturated carbocycles. The molecule has 0 radical (unpaired) electrons. The van der Waals surface area contributed by atoms with Crippen LogP contribution in [0.25, 0.3) is 0 Å². The van der Waals surface area contributed by atoms with Crippen LogP contribution in [0.4, 0.5) is 5.69 Å². The summed E-state index contributed by atoms with van der Waals surface area (Å²) in [7, 11) is -3.67. The van der Waals surface area contributed by atoms with E-state index in [-0.39, 0.29) is 21.9 Å². The number of nitrogens with two attached hydrogens (primary N) is 1. The number of halogens is 1. The van der Waals surface area contributed by atoms with Gasteiger partial charge in [-0.05, 0) is 43.4 Å². The lowest BCUT2D eigenvalue weighted by Gasteiger charge is -2.25. The largest absolute Gasteiger partial charge is 0.399 e. The third-order valence-corrected chi connectivity index (χ3v) is 5.47. The first-order chi connectivity index (χ1) is 9.38. The number of aliphatic hydroxyl groups is 1. The third-order valence-electron chi connectivity index (χ3n) is 3.56. The zero-order chi connectivity index (χ0) is 14.8. The minimum atomic E-state index is -3.67. The minimum Gasteiger partial charge on any atom is -0.399 e.